The lowest BCUT2D eigenvalue weighted by Crippen LogP contribution is -2.14. The largest absolute Gasteiger partial charge is 0.309 e. The molecule has 4 aromatic heterocycles. The van der Waals surface area contributed by atoms with Crippen molar-refractivity contribution in [3.63, 3.8) is 0 Å². The zero-order chi connectivity index (χ0) is 39.7. The van der Waals surface area contributed by atoms with Gasteiger partial charge in [-0.1, -0.05) is 135 Å². The molecule has 0 bridgehead atoms. The standard InChI is InChI=1S/C54H35N5S/c1-54(2)43-21-8-3-16-35(43)41-30-42-38-19-6-9-22-45(38)58(48(42)31-44(41)54)34-15-13-14-32(28-34)51-55-52(33-26-27-40-39-20-7-12-25-49(39)60-50(40)29-33)57-53(56-51)59-46-23-10-4-17-36(46)37-18-5-11-24-47(37)59/h3-31H,1-2H3. The molecule has 60 heavy (non-hydrogen) atoms. The molecule has 0 spiro atoms. The number of nitrogens with zero attached hydrogens (tertiary/aromatic N) is 5. The van der Waals surface area contributed by atoms with Gasteiger partial charge in [0.1, 0.15) is 0 Å². The predicted molar refractivity (Wildman–Crippen MR) is 250 cm³/mol. The van der Waals surface area contributed by atoms with Crippen molar-refractivity contribution in [1.82, 2.24) is 24.1 Å². The molecule has 12 aromatic rings. The van der Waals surface area contributed by atoms with Crippen LogP contribution in [0.15, 0.2) is 176 Å². The van der Waals surface area contributed by atoms with Crippen molar-refractivity contribution < 1.29 is 0 Å². The Morgan fingerprint density at radius 1 is 0.400 bits per heavy atom. The summed E-state index contributed by atoms with van der Waals surface area (Å²) in [5.41, 5.74) is 12.6. The molecule has 282 valence electrons. The van der Waals surface area contributed by atoms with E-state index in [-0.39, 0.29) is 5.41 Å². The van der Waals surface area contributed by atoms with Crippen molar-refractivity contribution in [1.29, 1.82) is 0 Å². The first-order chi connectivity index (χ1) is 29.5. The van der Waals surface area contributed by atoms with E-state index < -0.39 is 0 Å². The van der Waals surface area contributed by atoms with E-state index in [0.717, 1.165) is 38.6 Å². The number of hydrogen-bond acceptors (Lipinski definition) is 4. The summed E-state index contributed by atoms with van der Waals surface area (Å²) < 4.78 is 7.08. The molecule has 0 atom stereocenters. The van der Waals surface area contributed by atoms with Gasteiger partial charge in [0.2, 0.25) is 5.95 Å². The summed E-state index contributed by atoms with van der Waals surface area (Å²) in [5, 5.41) is 7.31. The number of fused-ring (bicyclic) bond motifs is 12. The first-order valence-corrected chi connectivity index (χ1v) is 21.3. The number of para-hydroxylation sites is 3. The first kappa shape index (κ1) is 33.6. The second-order valence-corrected chi connectivity index (χ2v) is 17.5. The van der Waals surface area contributed by atoms with E-state index in [1.807, 2.05) is 0 Å². The van der Waals surface area contributed by atoms with Crippen LogP contribution < -0.4 is 0 Å². The molecular formula is C54H35N5S. The molecule has 13 rings (SSSR count). The lowest BCUT2D eigenvalue weighted by Gasteiger charge is -2.21. The number of aromatic nitrogens is 5. The Bertz CT molecular complexity index is 3720. The molecule has 0 unspecified atom stereocenters. The highest BCUT2D eigenvalue weighted by Crippen LogP contribution is 2.51. The van der Waals surface area contributed by atoms with Gasteiger partial charge >= 0.3 is 0 Å². The van der Waals surface area contributed by atoms with Crippen LogP contribution >= 0.6 is 11.3 Å². The van der Waals surface area contributed by atoms with Crippen LogP contribution in [0.4, 0.5) is 0 Å². The van der Waals surface area contributed by atoms with Gasteiger partial charge in [-0.05, 0) is 76.9 Å². The lowest BCUT2D eigenvalue weighted by molar-refractivity contribution is 0.661. The zero-order valence-electron chi connectivity index (χ0n) is 32.9. The molecule has 0 aliphatic heterocycles. The Kier molecular flexibility index (Phi) is 6.88. The summed E-state index contributed by atoms with van der Waals surface area (Å²) in [6.07, 6.45) is 0. The second-order valence-electron chi connectivity index (χ2n) is 16.4. The zero-order valence-corrected chi connectivity index (χ0v) is 33.7. The van der Waals surface area contributed by atoms with Crippen LogP contribution in [-0.2, 0) is 5.41 Å². The summed E-state index contributed by atoms with van der Waals surface area (Å²) >= 11 is 1.80. The van der Waals surface area contributed by atoms with Crippen LogP contribution in [0, 0.1) is 0 Å². The molecular weight excluding hydrogens is 751 g/mol. The quantitative estimate of drug-likeness (QED) is 0.179. The fraction of sp³-hybridized carbons (Fsp3) is 0.0556. The minimum Gasteiger partial charge on any atom is -0.309 e. The Labute approximate surface area is 349 Å². The Balaban J connectivity index is 1.04. The topological polar surface area (TPSA) is 48.5 Å². The van der Waals surface area contributed by atoms with E-state index in [1.165, 1.54) is 64.2 Å². The fourth-order valence-corrected chi connectivity index (χ4v) is 11.1. The molecule has 0 N–H and O–H groups in total. The monoisotopic (exact) mass is 785 g/mol. The maximum absolute atomic E-state index is 5.34. The van der Waals surface area contributed by atoms with Crippen LogP contribution in [0.25, 0.3) is 109 Å². The summed E-state index contributed by atoms with van der Waals surface area (Å²) in [6, 6.07) is 63.4. The van der Waals surface area contributed by atoms with Gasteiger partial charge in [0.15, 0.2) is 11.6 Å². The van der Waals surface area contributed by atoms with Gasteiger partial charge < -0.3 is 4.57 Å². The Morgan fingerprint density at radius 2 is 1.00 bits per heavy atom. The molecule has 1 aliphatic carbocycles. The van der Waals surface area contributed by atoms with E-state index in [2.05, 4.69) is 199 Å². The van der Waals surface area contributed by atoms with E-state index >= 15 is 0 Å². The van der Waals surface area contributed by atoms with Crippen LogP contribution in [0.5, 0.6) is 0 Å². The van der Waals surface area contributed by atoms with Gasteiger partial charge in [-0.3, -0.25) is 4.57 Å². The SMILES string of the molecule is CC1(C)c2ccccc2-c2cc3c4ccccc4n(-c4cccc(-c5nc(-c6ccc7c(c6)sc6ccccc67)nc(-n6c7ccccc7c7ccccc76)n5)c4)c3cc21. The summed E-state index contributed by atoms with van der Waals surface area (Å²) in [4.78, 5) is 15.9. The van der Waals surface area contributed by atoms with E-state index in [9.17, 15) is 0 Å². The van der Waals surface area contributed by atoms with Gasteiger partial charge in [0.25, 0.3) is 0 Å². The molecule has 6 heteroatoms. The third-order valence-electron chi connectivity index (χ3n) is 12.8. The van der Waals surface area contributed by atoms with Crippen molar-refractivity contribution in [3.8, 4) is 45.5 Å². The maximum Gasteiger partial charge on any atom is 0.238 e. The normalized spacial score (nSPS) is 13.3. The summed E-state index contributed by atoms with van der Waals surface area (Å²) in [5.74, 6) is 1.84. The van der Waals surface area contributed by atoms with Crippen molar-refractivity contribution in [2.24, 2.45) is 0 Å². The minimum absolute atomic E-state index is 0.118. The summed E-state index contributed by atoms with van der Waals surface area (Å²) in [6.45, 7) is 4.70. The molecule has 0 radical (unpaired) electrons. The molecule has 0 saturated heterocycles. The van der Waals surface area contributed by atoms with Crippen LogP contribution in [0.3, 0.4) is 0 Å². The minimum atomic E-state index is -0.118. The summed E-state index contributed by atoms with van der Waals surface area (Å²) in [7, 11) is 0. The van der Waals surface area contributed by atoms with Crippen LogP contribution in [-0.4, -0.2) is 24.1 Å². The molecule has 0 fully saturated rings. The van der Waals surface area contributed by atoms with Crippen molar-refractivity contribution in [3.05, 3.63) is 187 Å². The van der Waals surface area contributed by atoms with Gasteiger partial charge in [-0.15, -0.1) is 11.3 Å². The molecule has 5 nitrogen and oxygen atoms in total. The highest BCUT2D eigenvalue weighted by molar-refractivity contribution is 7.25. The van der Waals surface area contributed by atoms with Gasteiger partial charge in [-0.2, -0.15) is 9.97 Å². The van der Waals surface area contributed by atoms with Crippen molar-refractivity contribution in [2.75, 3.05) is 0 Å². The average molecular weight is 786 g/mol. The molecule has 8 aromatic carbocycles. The second kappa shape index (κ2) is 12.3. The molecule has 0 saturated carbocycles. The number of benzene rings is 8. The average Bonchev–Trinajstić information content (AvgIpc) is 4.00. The fourth-order valence-electron chi connectivity index (χ4n) is 9.95. The van der Waals surface area contributed by atoms with Crippen molar-refractivity contribution in [2.45, 2.75) is 19.3 Å². The first-order valence-electron chi connectivity index (χ1n) is 20.4. The third-order valence-corrected chi connectivity index (χ3v) is 13.9. The highest BCUT2D eigenvalue weighted by Gasteiger charge is 2.36. The maximum atomic E-state index is 5.34. The van der Waals surface area contributed by atoms with E-state index in [4.69, 9.17) is 15.0 Å². The Hall–Kier alpha value is -7.41. The van der Waals surface area contributed by atoms with Crippen molar-refractivity contribution >= 4 is 75.1 Å². The Morgan fingerprint density at radius 3 is 1.75 bits per heavy atom. The molecule has 0 amide bonds. The molecule has 1 aliphatic rings. The van der Waals surface area contributed by atoms with Crippen LogP contribution in [0.1, 0.15) is 25.0 Å². The number of hydrogen-bond donors (Lipinski definition) is 0. The smallest absolute Gasteiger partial charge is 0.238 e. The van der Waals surface area contributed by atoms with Gasteiger partial charge in [0, 0.05) is 63.9 Å². The highest BCUT2D eigenvalue weighted by atomic mass is 32.1. The van der Waals surface area contributed by atoms with Gasteiger partial charge in [0.05, 0.1) is 22.1 Å². The van der Waals surface area contributed by atoms with E-state index in [0.29, 0.717) is 17.6 Å². The van der Waals surface area contributed by atoms with Gasteiger partial charge in [-0.25, -0.2) is 4.98 Å². The lowest BCUT2D eigenvalue weighted by atomic mass is 9.82. The van der Waals surface area contributed by atoms with Crippen LogP contribution in [0.2, 0.25) is 0 Å². The number of rotatable bonds is 4. The number of thiophene rings is 1. The molecule has 4 heterocycles. The predicted octanol–water partition coefficient (Wildman–Crippen LogP) is 14.1. The van der Waals surface area contributed by atoms with E-state index in [1.54, 1.807) is 11.3 Å². The third kappa shape index (κ3) is 4.71.